The Balaban J connectivity index is 1.58. The maximum absolute atomic E-state index is 12.8. The second kappa shape index (κ2) is 9.73. The third-order valence-corrected chi connectivity index (χ3v) is 5.25. The van der Waals surface area contributed by atoms with E-state index in [-0.39, 0.29) is 28.8 Å². The lowest BCUT2D eigenvalue weighted by molar-refractivity contribution is -0.137. The number of carbonyl (C=O) groups excluding carboxylic acids is 2. The zero-order valence-corrected chi connectivity index (χ0v) is 17.3. The van der Waals surface area contributed by atoms with Gasteiger partial charge in [-0.3, -0.25) is 9.59 Å². The van der Waals surface area contributed by atoms with Crippen molar-refractivity contribution in [2.75, 3.05) is 12.4 Å². The zero-order chi connectivity index (χ0) is 23.3. The van der Waals surface area contributed by atoms with E-state index in [2.05, 4.69) is 20.8 Å². The molecular weight excluding hydrogens is 449 g/mol. The number of carbonyl (C=O) groups is 2. The molecule has 1 aliphatic heterocycles. The van der Waals surface area contributed by atoms with Crippen LogP contribution in [0.1, 0.15) is 17.5 Å². The van der Waals surface area contributed by atoms with Gasteiger partial charge in [0.25, 0.3) is 0 Å². The summed E-state index contributed by atoms with van der Waals surface area (Å²) in [5.74, 6) is -0.842. The average Bonchev–Trinajstić information content (AvgIpc) is 3.07. The van der Waals surface area contributed by atoms with Gasteiger partial charge in [0.15, 0.2) is 16.7 Å². The summed E-state index contributed by atoms with van der Waals surface area (Å²) < 4.78 is 43.3. The van der Waals surface area contributed by atoms with Crippen molar-refractivity contribution in [3.63, 3.8) is 0 Å². The van der Waals surface area contributed by atoms with Crippen molar-refractivity contribution < 1.29 is 32.6 Å². The van der Waals surface area contributed by atoms with Crippen LogP contribution in [0.2, 0.25) is 0 Å². The van der Waals surface area contributed by atoms with Crippen molar-refractivity contribution in [2.45, 2.75) is 17.8 Å². The Morgan fingerprint density at radius 1 is 1.31 bits per heavy atom. The standard InChI is InChI=1S/C20H17F3N4O4S/c1-31-15-7-11(5-6-14(15)28)10-24-27-19-26-18(30)16(32-19)9-17(29)25-13-4-2-3-12(8-13)20(21,22)23/h2-8,10,16,28H,9H2,1H3,(H,25,29)(H,26,27,30)/b24-10-/t16-/m1/s1. The summed E-state index contributed by atoms with van der Waals surface area (Å²) in [7, 11) is 1.41. The lowest BCUT2D eigenvalue weighted by atomic mass is 10.2. The number of aromatic hydroxyl groups is 1. The summed E-state index contributed by atoms with van der Waals surface area (Å²) in [5.41, 5.74) is -0.312. The SMILES string of the molecule is COc1cc(/C=N\N=C2/NC(=O)[C@@H](CC(=O)Nc3cccc(C(F)(F)F)c3)S2)ccc1O. The van der Waals surface area contributed by atoms with Crippen molar-refractivity contribution in [1.29, 1.82) is 0 Å². The summed E-state index contributed by atoms with van der Waals surface area (Å²) >= 11 is 0.980. The topological polar surface area (TPSA) is 112 Å². The van der Waals surface area contributed by atoms with Gasteiger partial charge in [0.05, 0.1) is 18.9 Å². The fourth-order valence-corrected chi connectivity index (χ4v) is 3.59. The number of benzene rings is 2. The molecule has 1 fully saturated rings. The molecule has 1 heterocycles. The fraction of sp³-hybridized carbons (Fsp3) is 0.200. The van der Waals surface area contributed by atoms with Gasteiger partial charge in [0.2, 0.25) is 11.8 Å². The van der Waals surface area contributed by atoms with Crippen LogP contribution in [-0.4, -0.2) is 40.7 Å². The fourth-order valence-electron chi connectivity index (χ4n) is 2.66. The molecule has 1 saturated heterocycles. The Hall–Kier alpha value is -3.54. The Kier molecular flexibility index (Phi) is 7.03. The van der Waals surface area contributed by atoms with Crippen LogP contribution in [0.5, 0.6) is 11.5 Å². The van der Waals surface area contributed by atoms with Crippen LogP contribution in [0.4, 0.5) is 18.9 Å². The number of anilines is 1. The number of alkyl halides is 3. The van der Waals surface area contributed by atoms with Crippen molar-refractivity contribution >= 4 is 40.6 Å². The van der Waals surface area contributed by atoms with E-state index in [1.54, 1.807) is 12.1 Å². The number of amidine groups is 1. The highest BCUT2D eigenvalue weighted by Gasteiger charge is 2.33. The van der Waals surface area contributed by atoms with E-state index in [4.69, 9.17) is 4.74 Å². The highest BCUT2D eigenvalue weighted by molar-refractivity contribution is 8.15. The van der Waals surface area contributed by atoms with Gasteiger partial charge in [-0.05, 0) is 42.0 Å². The largest absolute Gasteiger partial charge is 0.504 e. The molecule has 3 rings (SSSR count). The molecular formula is C20H17F3N4O4S. The first kappa shape index (κ1) is 23.1. The van der Waals surface area contributed by atoms with Gasteiger partial charge in [-0.1, -0.05) is 17.8 Å². The van der Waals surface area contributed by atoms with E-state index in [1.165, 1.54) is 31.5 Å². The van der Waals surface area contributed by atoms with Crippen LogP contribution in [0.15, 0.2) is 52.7 Å². The number of rotatable bonds is 6. The predicted molar refractivity (Wildman–Crippen MR) is 114 cm³/mol. The van der Waals surface area contributed by atoms with E-state index in [1.807, 2.05) is 0 Å². The molecule has 0 radical (unpaired) electrons. The molecule has 32 heavy (non-hydrogen) atoms. The van der Waals surface area contributed by atoms with Crippen molar-refractivity contribution in [2.24, 2.45) is 10.2 Å². The minimum absolute atomic E-state index is 0.0175. The van der Waals surface area contributed by atoms with Crippen LogP contribution in [0, 0.1) is 0 Å². The van der Waals surface area contributed by atoms with Gasteiger partial charge in [0.1, 0.15) is 5.25 Å². The second-order valence-corrected chi connectivity index (χ2v) is 7.70. The summed E-state index contributed by atoms with van der Waals surface area (Å²) in [6.45, 7) is 0. The molecule has 0 bridgehead atoms. The molecule has 0 aromatic heterocycles. The van der Waals surface area contributed by atoms with Gasteiger partial charge < -0.3 is 20.5 Å². The number of methoxy groups -OCH3 is 1. The normalized spacial score (nSPS) is 17.6. The number of ether oxygens (including phenoxy) is 1. The highest BCUT2D eigenvalue weighted by Crippen LogP contribution is 2.31. The number of halogens is 3. The molecule has 1 aliphatic rings. The molecule has 3 N–H and O–H groups in total. The molecule has 2 amide bonds. The first-order valence-electron chi connectivity index (χ1n) is 9.08. The molecule has 2 aromatic carbocycles. The van der Waals surface area contributed by atoms with Gasteiger partial charge in [-0.25, -0.2) is 0 Å². The summed E-state index contributed by atoms with van der Waals surface area (Å²) in [6.07, 6.45) is -3.40. The number of thioether (sulfide) groups is 1. The van der Waals surface area contributed by atoms with Crippen LogP contribution in [0.3, 0.4) is 0 Å². The number of amides is 2. The molecule has 168 valence electrons. The number of nitrogens with zero attached hydrogens (tertiary/aromatic N) is 2. The number of hydrogen-bond acceptors (Lipinski definition) is 7. The average molecular weight is 466 g/mol. The Labute approximate surface area is 184 Å². The third-order valence-electron chi connectivity index (χ3n) is 4.18. The number of nitrogens with one attached hydrogen (secondary N) is 2. The first-order valence-corrected chi connectivity index (χ1v) is 9.96. The maximum Gasteiger partial charge on any atom is 0.416 e. The molecule has 1 atom stereocenters. The van der Waals surface area contributed by atoms with Crippen LogP contribution >= 0.6 is 11.8 Å². The minimum Gasteiger partial charge on any atom is -0.504 e. The Morgan fingerprint density at radius 3 is 2.81 bits per heavy atom. The van der Waals surface area contributed by atoms with Crippen molar-refractivity contribution in [3.8, 4) is 11.5 Å². The van der Waals surface area contributed by atoms with Gasteiger partial charge in [0, 0.05) is 12.1 Å². The quantitative estimate of drug-likeness (QED) is 0.446. The zero-order valence-electron chi connectivity index (χ0n) is 16.5. The molecule has 2 aromatic rings. The third kappa shape index (κ3) is 6.00. The lowest BCUT2D eigenvalue weighted by Crippen LogP contribution is -2.28. The molecule has 0 unspecified atom stereocenters. The van der Waals surface area contributed by atoms with Crippen molar-refractivity contribution in [1.82, 2.24) is 5.32 Å². The molecule has 0 aliphatic carbocycles. The summed E-state index contributed by atoms with van der Waals surface area (Å²) in [5, 5.41) is 21.5. The highest BCUT2D eigenvalue weighted by atomic mass is 32.2. The minimum atomic E-state index is -4.53. The summed E-state index contributed by atoms with van der Waals surface area (Å²) in [4.78, 5) is 24.3. The number of phenolic OH excluding ortho intramolecular Hbond substituents is 1. The van der Waals surface area contributed by atoms with Crippen LogP contribution < -0.4 is 15.4 Å². The first-order chi connectivity index (χ1) is 15.2. The van der Waals surface area contributed by atoms with Crippen molar-refractivity contribution in [3.05, 3.63) is 53.6 Å². The molecule has 12 heteroatoms. The summed E-state index contributed by atoms with van der Waals surface area (Å²) in [6, 6.07) is 8.78. The van der Waals surface area contributed by atoms with Gasteiger partial charge >= 0.3 is 6.18 Å². The van der Waals surface area contributed by atoms with E-state index >= 15 is 0 Å². The van der Waals surface area contributed by atoms with E-state index < -0.39 is 28.8 Å². The molecule has 0 saturated carbocycles. The van der Waals surface area contributed by atoms with E-state index in [0.29, 0.717) is 5.56 Å². The predicted octanol–water partition coefficient (Wildman–Crippen LogP) is 3.37. The number of phenols is 1. The monoisotopic (exact) mass is 466 g/mol. The molecule has 0 spiro atoms. The van der Waals surface area contributed by atoms with E-state index in [9.17, 15) is 27.9 Å². The lowest BCUT2D eigenvalue weighted by Gasteiger charge is -2.10. The molecule has 8 nitrogen and oxygen atoms in total. The van der Waals surface area contributed by atoms with E-state index in [0.717, 1.165) is 23.9 Å². The van der Waals surface area contributed by atoms with Gasteiger partial charge in [-0.2, -0.15) is 18.3 Å². The second-order valence-electron chi connectivity index (χ2n) is 6.51. The van der Waals surface area contributed by atoms with Crippen LogP contribution in [-0.2, 0) is 15.8 Å². The maximum atomic E-state index is 12.8. The Bertz CT molecular complexity index is 1090. The number of hydrogen-bond donors (Lipinski definition) is 3. The van der Waals surface area contributed by atoms with Crippen LogP contribution in [0.25, 0.3) is 0 Å². The Morgan fingerprint density at radius 2 is 2.09 bits per heavy atom. The smallest absolute Gasteiger partial charge is 0.416 e. The van der Waals surface area contributed by atoms with Gasteiger partial charge in [-0.15, -0.1) is 5.10 Å².